The van der Waals surface area contributed by atoms with E-state index in [1.54, 1.807) is 0 Å². The van der Waals surface area contributed by atoms with E-state index in [-0.39, 0.29) is 22.6 Å². The van der Waals surface area contributed by atoms with Crippen LogP contribution in [-0.4, -0.2) is 29.9 Å². The average Bonchev–Trinajstić information content (AvgIpc) is 3.46. The quantitative estimate of drug-likeness (QED) is 0.355. The molecule has 0 saturated heterocycles. The lowest BCUT2D eigenvalue weighted by atomic mass is 9.66. The molecule has 2 fully saturated rings. The zero-order chi connectivity index (χ0) is 24.7. The summed E-state index contributed by atoms with van der Waals surface area (Å²) in [6.45, 7) is 4.48. The molecule has 2 atom stereocenters. The molecule has 0 unspecified atom stereocenters. The summed E-state index contributed by atoms with van der Waals surface area (Å²) in [5, 5.41) is 13.5. The van der Waals surface area contributed by atoms with Crippen LogP contribution in [0.3, 0.4) is 0 Å². The SMILES string of the molecule is CC1(C)[C@H]2CC[C@]1(c1ccnc(-c3cnn(C4CCC4)c3)n1)c1nnc(-c3c(F)cccc3F)cc12. The summed E-state index contributed by atoms with van der Waals surface area (Å²) < 4.78 is 31.1. The van der Waals surface area contributed by atoms with E-state index >= 15 is 0 Å². The molecule has 0 aliphatic heterocycles. The molecular formula is C28H26F2N6. The van der Waals surface area contributed by atoms with Gasteiger partial charge in [-0.2, -0.15) is 10.2 Å². The molecule has 2 saturated carbocycles. The average molecular weight is 485 g/mol. The summed E-state index contributed by atoms with van der Waals surface area (Å²) in [4.78, 5) is 9.63. The molecule has 3 heterocycles. The van der Waals surface area contributed by atoms with Crippen molar-refractivity contribution in [2.45, 2.75) is 63.3 Å². The standard InChI is InChI=1S/C28H26F2N6/c1-27(2)19-9-11-28(27,25-18(19)13-22(34-35-25)24-20(29)7-4-8-21(24)30)23-10-12-31-26(33-23)16-14-32-36(15-16)17-5-3-6-17/h4,7-8,10,12-15,17,19H,3,5-6,9,11H2,1-2H3/t19-,28-/m0/s1. The van der Waals surface area contributed by atoms with E-state index < -0.39 is 17.0 Å². The van der Waals surface area contributed by atoms with Crippen LogP contribution in [0.5, 0.6) is 0 Å². The van der Waals surface area contributed by atoms with Crippen molar-refractivity contribution in [1.29, 1.82) is 0 Å². The molecule has 6 nitrogen and oxygen atoms in total. The third kappa shape index (κ3) is 2.78. The molecule has 2 bridgehead atoms. The molecule has 0 amide bonds. The topological polar surface area (TPSA) is 69.4 Å². The molecule has 0 radical (unpaired) electrons. The number of hydrogen-bond donors (Lipinski definition) is 0. The Morgan fingerprint density at radius 1 is 1.03 bits per heavy atom. The predicted octanol–water partition coefficient (Wildman–Crippen LogP) is 6.00. The van der Waals surface area contributed by atoms with Crippen LogP contribution in [-0.2, 0) is 5.41 Å². The molecule has 0 N–H and O–H groups in total. The van der Waals surface area contributed by atoms with Gasteiger partial charge in [0.1, 0.15) is 11.6 Å². The third-order valence-electron chi connectivity index (χ3n) is 9.00. The summed E-state index contributed by atoms with van der Waals surface area (Å²) in [6.07, 6.45) is 11.1. The van der Waals surface area contributed by atoms with Crippen LogP contribution >= 0.6 is 0 Å². The van der Waals surface area contributed by atoms with E-state index in [1.165, 1.54) is 24.6 Å². The van der Waals surface area contributed by atoms with Gasteiger partial charge < -0.3 is 0 Å². The van der Waals surface area contributed by atoms with Crippen molar-refractivity contribution >= 4 is 0 Å². The fourth-order valence-electron chi connectivity index (χ4n) is 6.80. The fourth-order valence-corrected chi connectivity index (χ4v) is 6.80. The first-order valence-corrected chi connectivity index (χ1v) is 12.6. The molecule has 3 aromatic heterocycles. The summed E-state index contributed by atoms with van der Waals surface area (Å²) in [7, 11) is 0. The summed E-state index contributed by atoms with van der Waals surface area (Å²) in [5.74, 6) is -0.428. The minimum absolute atomic E-state index is 0.129. The molecule has 3 aliphatic rings. The molecule has 36 heavy (non-hydrogen) atoms. The van der Waals surface area contributed by atoms with Gasteiger partial charge in [-0.25, -0.2) is 18.7 Å². The second-order valence-corrected chi connectivity index (χ2v) is 10.9. The van der Waals surface area contributed by atoms with E-state index in [2.05, 4.69) is 34.1 Å². The van der Waals surface area contributed by atoms with Gasteiger partial charge in [-0.05, 0) is 73.3 Å². The van der Waals surface area contributed by atoms with E-state index in [0.717, 1.165) is 48.2 Å². The highest BCUT2D eigenvalue weighted by atomic mass is 19.1. The molecule has 8 heteroatoms. The molecule has 3 aliphatic carbocycles. The summed E-state index contributed by atoms with van der Waals surface area (Å²) in [6, 6.07) is 8.14. The van der Waals surface area contributed by atoms with Crippen LogP contribution in [0.4, 0.5) is 8.78 Å². The number of aromatic nitrogens is 6. The molecule has 182 valence electrons. The molecule has 0 spiro atoms. The normalized spacial score (nSPS) is 24.1. The van der Waals surface area contributed by atoms with E-state index in [0.29, 0.717) is 11.9 Å². The number of nitrogens with zero attached hydrogens (tertiary/aromatic N) is 6. The molecule has 7 rings (SSSR count). The van der Waals surface area contributed by atoms with Gasteiger partial charge in [0.15, 0.2) is 5.82 Å². The Balaban J connectivity index is 1.34. The Morgan fingerprint density at radius 3 is 2.58 bits per heavy atom. The Hall–Kier alpha value is -3.55. The highest BCUT2D eigenvalue weighted by Gasteiger charge is 2.65. The van der Waals surface area contributed by atoms with Crippen molar-refractivity contribution in [2.75, 3.05) is 0 Å². The van der Waals surface area contributed by atoms with Gasteiger partial charge in [0.25, 0.3) is 0 Å². The van der Waals surface area contributed by atoms with E-state index in [4.69, 9.17) is 4.98 Å². The van der Waals surface area contributed by atoms with Crippen molar-refractivity contribution in [1.82, 2.24) is 29.9 Å². The van der Waals surface area contributed by atoms with Gasteiger partial charge in [-0.1, -0.05) is 19.9 Å². The van der Waals surface area contributed by atoms with Crippen LogP contribution < -0.4 is 0 Å². The minimum Gasteiger partial charge on any atom is -0.269 e. The molecular weight excluding hydrogens is 458 g/mol. The maximum absolute atomic E-state index is 14.5. The Kier molecular flexibility index (Phi) is 4.51. The Labute approximate surface area is 207 Å². The second kappa shape index (κ2) is 7.48. The minimum atomic E-state index is -0.635. The third-order valence-corrected chi connectivity index (χ3v) is 9.00. The van der Waals surface area contributed by atoms with Crippen LogP contribution in [0, 0.1) is 17.0 Å². The lowest BCUT2D eigenvalue weighted by molar-refractivity contribution is 0.243. The Bertz CT molecular complexity index is 1490. The van der Waals surface area contributed by atoms with Gasteiger partial charge in [0.2, 0.25) is 0 Å². The Morgan fingerprint density at radius 2 is 1.83 bits per heavy atom. The highest BCUT2D eigenvalue weighted by Crippen LogP contribution is 2.69. The lowest BCUT2D eigenvalue weighted by Crippen LogP contribution is -2.38. The van der Waals surface area contributed by atoms with E-state index in [1.807, 2.05) is 35.4 Å². The number of benzene rings is 1. The van der Waals surface area contributed by atoms with Crippen LogP contribution in [0.25, 0.3) is 22.6 Å². The zero-order valence-corrected chi connectivity index (χ0v) is 20.2. The van der Waals surface area contributed by atoms with Gasteiger partial charge in [-0.15, -0.1) is 5.10 Å². The second-order valence-electron chi connectivity index (χ2n) is 10.9. The molecule has 4 aromatic rings. The van der Waals surface area contributed by atoms with Gasteiger partial charge in [0.05, 0.1) is 45.9 Å². The van der Waals surface area contributed by atoms with Crippen molar-refractivity contribution in [3.63, 3.8) is 0 Å². The zero-order valence-electron chi connectivity index (χ0n) is 20.2. The largest absolute Gasteiger partial charge is 0.269 e. The smallest absolute Gasteiger partial charge is 0.162 e. The predicted molar refractivity (Wildman–Crippen MR) is 130 cm³/mol. The monoisotopic (exact) mass is 484 g/mol. The van der Waals surface area contributed by atoms with Crippen LogP contribution in [0.15, 0.2) is 48.9 Å². The first kappa shape index (κ1) is 21.7. The fraction of sp³-hybridized carbons (Fsp3) is 0.393. The van der Waals surface area contributed by atoms with Crippen LogP contribution in [0.2, 0.25) is 0 Å². The number of rotatable bonds is 4. The van der Waals surface area contributed by atoms with E-state index in [9.17, 15) is 8.78 Å². The van der Waals surface area contributed by atoms with Crippen LogP contribution in [0.1, 0.15) is 74.9 Å². The van der Waals surface area contributed by atoms with Crippen molar-refractivity contribution < 1.29 is 8.78 Å². The lowest BCUT2D eigenvalue weighted by Gasteiger charge is -2.37. The van der Waals surface area contributed by atoms with Gasteiger partial charge in [0, 0.05) is 12.4 Å². The summed E-state index contributed by atoms with van der Waals surface area (Å²) >= 11 is 0. The maximum atomic E-state index is 14.5. The number of fused-ring (bicyclic) bond motifs is 5. The van der Waals surface area contributed by atoms with Crippen molar-refractivity contribution in [3.8, 4) is 22.6 Å². The maximum Gasteiger partial charge on any atom is 0.162 e. The van der Waals surface area contributed by atoms with Crippen molar-refractivity contribution in [2.24, 2.45) is 5.41 Å². The first-order chi connectivity index (χ1) is 17.4. The highest BCUT2D eigenvalue weighted by molar-refractivity contribution is 5.64. The summed E-state index contributed by atoms with van der Waals surface area (Å²) in [5.41, 5.74) is 3.14. The van der Waals surface area contributed by atoms with Gasteiger partial charge >= 0.3 is 0 Å². The molecule has 1 aromatic carbocycles. The number of halogens is 2. The van der Waals surface area contributed by atoms with Gasteiger partial charge in [-0.3, -0.25) is 4.68 Å². The van der Waals surface area contributed by atoms with Crippen molar-refractivity contribution in [3.05, 3.63) is 77.5 Å². The number of hydrogen-bond acceptors (Lipinski definition) is 5. The first-order valence-electron chi connectivity index (χ1n) is 12.6.